The van der Waals surface area contributed by atoms with E-state index in [1.54, 1.807) is 6.33 Å². The first kappa shape index (κ1) is 16.1. The maximum atomic E-state index is 8.32. The molecular formula is C18H27N5S. The van der Waals surface area contributed by atoms with Crippen LogP contribution in [0.4, 0.5) is 5.82 Å². The molecule has 1 atom stereocenters. The Morgan fingerprint density at radius 3 is 2.46 bits per heavy atom. The number of rotatable bonds is 6. The highest BCUT2D eigenvalue weighted by molar-refractivity contribution is 7.86. The molecule has 0 spiro atoms. The number of H-pyrrole nitrogens is 1. The molecule has 4 rings (SSSR count). The maximum absolute atomic E-state index is 8.32. The zero-order chi connectivity index (χ0) is 16.5. The third-order valence-electron chi connectivity index (χ3n) is 5.60. The first-order valence-electron chi connectivity index (χ1n) is 9.10. The zero-order valence-corrected chi connectivity index (χ0v) is 15.2. The standard InChI is InChI=1S/C18H27N5S/c1-23(18-16-8-9-20-17(16)21-12-22-18)15-6-4-14(5-7-15)11-24(19)10-13-2-3-13/h8-9,12-15,19H,2-7,10-11H2,1H3,(H,20,21,22)/t14-,15+,24?. The van der Waals surface area contributed by atoms with Crippen molar-refractivity contribution in [2.75, 3.05) is 23.5 Å². The van der Waals surface area contributed by atoms with E-state index in [-0.39, 0.29) is 10.7 Å². The molecule has 2 saturated carbocycles. The van der Waals surface area contributed by atoms with E-state index in [9.17, 15) is 0 Å². The van der Waals surface area contributed by atoms with Crippen molar-refractivity contribution in [1.82, 2.24) is 15.0 Å². The van der Waals surface area contributed by atoms with Crippen molar-refractivity contribution in [3.63, 3.8) is 0 Å². The van der Waals surface area contributed by atoms with E-state index in [2.05, 4.69) is 33.0 Å². The Balaban J connectivity index is 1.35. The predicted octanol–water partition coefficient (Wildman–Crippen LogP) is 3.74. The molecule has 0 aliphatic heterocycles. The summed E-state index contributed by atoms with van der Waals surface area (Å²) in [5, 5.41) is 1.11. The Morgan fingerprint density at radius 2 is 1.79 bits per heavy atom. The van der Waals surface area contributed by atoms with Crippen molar-refractivity contribution >= 4 is 27.5 Å². The van der Waals surface area contributed by atoms with Crippen molar-refractivity contribution < 1.29 is 0 Å². The second kappa shape index (κ2) is 6.82. The minimum atomic E-state index is -0.0946. The molecular weight excluding hydrogens is 318 g/mol. The quantitative estimate of drug-likeness (QED) is 0.838. The molecule has 0 bridgehead atoms. The van der Waals surface area contributed by atoms with Gasteiger partial charge in [0.15, 0.2) is 0 Å². The topological polar surface area (TPSA) is 68.7 Å². The first-order valence-corrected chi connectivity index (χ1v) is 10.7. The minimum absolute atomic E-state index is 0.0946. The summed E-state index contributed by atoms with van der Waals surface area (Å²) in [6.07, 6.45) is 11.3. The fourth-order valence-electron chi connectivity index (χ4n) is 3.93. The summed E-state index contributed by atoms with van der Waals surface area (Å²) in [7, 11) is 2.07. The van der Waals surface area contributed by atoms with Crippen LogP contribution in [0, 0.1) is 16.6 Å². The summed E-state index contributed by atoms with van der Waals surface area (Å²) in [6, 6.07) is 2.63. The Bertz CT molecular complexity index is 715. The van der Waals surface area contributed by atoms with Crippen LogP contribution in [-0.4, -0.2) is 39.5 Å². The lowest BCUT2D eigenvalue weighted by Crippen LogP contribution is -2.36. The number of nitrogens with zero attached hydrogens (tertiary/aromatic N) is 3. The Hall–Kier alpha value is -1.43. The van der Waals surface area contributed by atoms with Gasteiger partial charge in [-0.25, -0.2) is 9.97 Å². The van der Waals surface area contributed by atoms with Gasteiger partial charge in [-0.2, -0.15) is 0 Å². The monoisotopic (exact) mass is 345 g/mol. The molecule has 0 amide bonds. The second-order valence-electron chi connectivity index (χ2n) is 7.49. The molecule has 2 aromatic heterocycles. The smallest absolute Gasteiger partial charge is 0.142 e. The van der Waals surface area contributed by atoms with Crippen molar-refractivity contribution in [3.05, 3.63) is 18.6 Å². The third kappa shape index (κ3) is 3.48. The van der Waals surface area contributed by atoms with E-state index in [1.807, 2.05) is 6.20 Å². The largest absolute Gasteiger partial charge is 0.356 e. The maximum Gasteiger partial charge on any atom is 0.142 e. The Morgan fingerprint density at radius 1 is 1.12 bits per heavy atom. The number of hydrogen-bond donors (Lipinski definition) is 2. The van der Waals surface area contributed by atoms with Gasteiger partial charge >= 0.3 is 0 Å². The van der Waals surface area contributed by atoms with Crippen LogP contribution in [0.2, 0.25) is 0 Å². The first-order chi connectivity index (χ1) is 11.7. The molecule has 130 valence electrons. The van der Waals surface area contributed by atoms with Gasteiger partial charge in [0, 0.05) is 30.8 Å². The molecule has 5 nitrogen and oxygen atoms in total. The number of nitrogens with one attached hydrogen (secondary N) is 2. The molecule has 0 saturated heterocycles. The van der Waals surface area contributed by atoms with Crippen LogP contribution >= 0.6 is 0 Å². The van der Waals surface area contributed by atoms with Crippen LogP contribution < -0.4 is 4.90 Å². The van der Waals surface area contributed by atoms with Crippen molar-refractivity contribution in [1.29, 1.82) is 4.78 Å². The molecule has 2 aliphatic carbocycles. The van der Waals surface area contributed by atoms with Crippen LogP contribution in [0.5, 0.6) is 0 Å². The summed E-state index contributed by atoms with van der Waals surface area (Å²) < 4.78 is 8.32. The molecule has 0 aromatic carbocycles. The van der Waals surface area contributed by atoms with Gasteiger partial charge in [0.25, 0.3) is 0 Å². The fraction of sp³-hybridized carbons (Fsp3) is 0.667. The fourth-order valence-corrected chi connectivity index (χ4v) is 5.87. The van der Waals surface area contributed by atoms with Gasteiger partial charge < -0.3 is 9.88 Å². The SMILES string of the molecule is CN(c1ncnc2[nH]ccc12)[C@H]1CC[C@@H](CS(=N)CC2CC2)CC1. The summed E-state index contributed by atoms with van der Waals surface area (Å²) in [6.45, 7) is 0. The molecule has 2 fully saturated rings. The molecule has 0 radical (unpaired) electrons. The van der Waals surface area contributed by atoms with Gasteiger partial charge in [0.1, 0.15) is 17.8 Å². The van der Waals surface area contributed by atoms with Crippen molar-refractivity contribution in [3.8, 4) is 0 Å². The van der Waals surface area contributed by atoms with Crippen LogP contribution in [0.15, 0.2) is 18.6 Å². The van der Waals surface area contributed by atoms with E-state index in [1.165, 1.54) is 44.3 Å². The molecule has 2 aromatic rings. The lowest BCUT2D eigenvalue weighted by atomic mass is 9.86. The molecule has 1 unspecified atom stereocenters. The Labute approximate surface area is 146 Å². The Kier molecular flexibility index (Phi) is 4.57. The summed E-state index contributed by atoms with van der Waals surface area (Å²) in [4.78, 5) is 14.3. The van der Waals surface area contributed by atoms with Gasteiger partial charge in [-0.15, -0.1) is 10.7 Å². The van der Waals surface area contributed by atoms with Gasteiger partial charge in [-0.3, -0.25) is 4.78 Å². The van der Waals surface area contributed by atoms with E-state index in [0.717, 1.165) is 34.4 Å². The third-order valence-corrected chi connectivity index (χ3v) is 7.35. The molecule has 6 heteroatoms. The normalized spacial score (nSPS) is 25.7. The number of fused-ring (bicyclic) bond motifs is 1. The lowest BCUT2D eigenvalue weighted by molar-refractivity contribution is 0.344. The van der Waals surface area contributed by atoms with Crippen LogP contribution in [0.3, 0.4) is 0 Å². The second-order valence-corrected chi connectivity index (χ2v) is 9.14. The summed E-state index contributed by atoms with van der Waals surface area (Å²) in [5.74, 6) is 5.02. The van der Waals surface area contributed by atoms with E-state index in [4.69, 9.17) is 4.78 Å². The van der Waals surface area contributed by atoms with Crippen molar-refractivity contribution in [2.24, 2.45) is 11.8 Å². The highest BCUT2D eigenvalue weighted by Gasteiger charge is 2.28. The molecule has 2 N–H and O–H groups in total. The molecule has 24 heavy (non-hydrogen) atoms. The lowest BCUT2D eigenvalue weighted by Gasteiger charge is -2.35. The van der Waals surface area contributed by atoms with Gasteiger partial charge in [-0.05, 0) is 56.4 Å². The molecule has 2 heterocycles. The van der Waals surface area contributed by atoms with Gasteiger partial charge in [-0.1, -0.05) is 0 Å². The van der Waals surface area contributed by atoms with E-state index < -0.39 is 0 Å². The highest BCUT2D eigenvalue weighted by atomic mass is 32.2. The van der Waals surface area contributed by atoms with Crippen LogP contribution in [-0.2, 0) is 10.7 Å². The number of anilines is 1. The van der Waals surface area contributed by atoms with E-state index >= 15 is 0 Å². The van der Waals surface area contributed by atoms with Crippen LogP contribution in [0.1, 0.15) is 38.5 Å². The van der Waals surface area contributed by atoms with Gasteiger partial charge in [0.05, 0.1) is 5.39 Å². The average Bonchev–Trinajstić information content (AvgIpc) is 3.26. The highest BCUT2D eigenvalue weighted by Crippen LogP contribution is 2.33. The summed E-state index contributed by atoms with van der Waals surface area (Å²) >= 11 is 0. The summed E-state index contributed by atoms with van der Waals surface area (Å²) in [5.41, 5.74) is 0.916. The van der Waals surface area contributed by atoms with Gasteiger partial charge in [0.2, 0.25) is 0 Å². The zero-order valence-electron chi connectivity index (χ0n) is 14.4. The number of aromatic nitrogens is 3. The van der Waals surface area contributed by atoms with E-state index in [0.29, 0.717) is 6.04 Å². The average molecular weight is 346 g/mol. The van der Waals surface area contributed by atoms with Crippen molar-refractivity contribution in [2.45, 2.75) is 44.6 Å². The minimum Gasteiger partial charge on any atom is -0.356 e. The number of aromatic amines is 1. The number of hydrogen-bond acceptors (Lipinski definition) is 4. The molecule has 2 aliphatic rings. The predicted molar refractivity (Wildman–Crippen MR) is 101 cm³/mol. The van der Waals surface area contributed by atoms with Crippen LogP contribution in [0.25, 0.3) is 11.0 Å².